The van der Waals surface area contributed by atoms with Crippen molar-refractivity contribution in [2.75, 3.05) is 0 Å². The lowest BCUT2D eigenvalue weighted by Crippen LogP contribution is -2.44. The van der Waals surface area contributed by atoms with Crippen molar-refractivity contribution in [1.82, 2.24) is 0 Å². The maximum absolute atomic E-state index is 12.9. The second kappa shape index (κ2) is 6.18. The lowest BCUT2D eigenvalue weighted by atomic mass is 9.69. The third kappa shape index (κ3) is 2.53. The first-order valence-corrected chi connectivity index (χ1v) is 10.4. The number of benzene rings is 2. The highest BCUT2D eigenvalue weighted by Crippen LogP contribution is 2.44. The van der Waals surface area contributed by atoms with Gasteiger partial charge in [-0.05, 0) is 29.3 Å². The van der Waals surface area contributed by atoms with Crippen LogP contribution in [0.25, 0.3) is 0 Å². The fourth-order valence-electron chi connectivity index (χ4n) is 4.76. The van der Waals surface area contributed by atoms with Crippen LogP contribution in [0.3, 0.4) is 0 Å². The van der Waals surface area contributed by atoms with Crippen LogP contribution < -0.4 is 0 Å². The van der Waals surface area contributed by atoms with Crippen LogP contribution in [0, 0.1) is 5.92 Å². The molecule has 4 heteroatoms. The first kappa shape index (κ1) is 18.9. The van der Waals surface area contributed by atoms with E-state index in [0.717, 1.165) is 33.9 Å². The Morgan fingerprint density at radius 1 is 0.800 bits per heavy atom. The van der Waals surface area contributed by atoms with Gasteiger partial charge in [-0.1, -0.05) is 64.1 Å². The van der Waals surface area contributed by atoms with Crippen LogP contribution in [0.2, 0.25) is 0 Å². The monoisotopic (exact) mass is 396 g/mol. The molecule has 2 aromatic carbocycles. The molecule has 0 aromatic heterocycles. The Kier molecular flexibility index (Phi) is 3.88. The molecule has 0 N–H and O–H groups in total. The Balaban J connectivity index is 1.39. The second-order valence-electron chi connectivity index (χ2n) is 9.38. The number of para-hydroxylation sites is 2. The lowest BCUT2D eigenvalue weighted by Gasteiger charge is -2.30. The van der Waals surface area contributed by atoms with E-state index in [0.29, 0.717) is 6.42 Å². The van der Waals surface area contributed by atoms with Gasteiger partial charge in [-0.15, -0.1) is 0 Å². The Hall–Kier alpha value is -3.14. The molecule has 2 aromatic rings. The van der Waals surface area contributed by atoms with E-state index in [-0.39, 0.29) is 28.0 Å². The van der Waals surface area contributed by atoms with Crippen molar-refractivity contribution in [3.8, 4) is 0 Å². The average Bonchev–Trinajstić information content (AvgIpc) is 3.14. The van der Waals surface area contributed by atoms with Crippen molar-refractivity contribution in [1.29, 1.82) is 0 Å². The quantitative estimate of drug-likeness (QED) is 0.407. The van der Waals surface area contributed by atoms with Crippen molar-refractivity contribution >= 4 is 34.4 Å². The number of ketones is 2. The molecular weight excluding hydrogens is 372 g/mol. The zero-order valence-electron chi connectivity index (χ0n) is 17.7. The molecule has 1 saturated carbocycles. The minimum Gasteiger partial charge on any atom is -0.293 e. The summed E-state index contributed by atoms with van der Waals surface area (Å²) < 4.78 is 0. The minimum atomic E-state index is -0.629. The van der Waals surface area contributed by atoms with Gasteiger partial charge in [0.05, 0.1) is 28.6 Å². The molecule has 1 fully saturated rings. The highest BCUT2D eigenvalue weighted by Gasteiger charge is 2.48. The summed E-state index contributed by atoms with van der Waals surface area (Å²) in [5.74, 6) is -0.816. The van der Waals surface area contributed by atoms with E-state index in [1.807, 2.05) is 36.4 Å². The third-order valence-electron chi connectivity index (χ3n) is 6.86. The molecule has 30 heavy (non-hydrogen) atoms. The normalized spacial score (nSPS) is 22.8. The Labute approximate surface area is 176 Å². The first-order valence-electron chi connectivity index (χ1n) is 10.4. The van der Waals surface area contributed by atoms with Crippen LogP contribution in [0.15, 0.2) is 70.2 Å². The fraction of sp³-hybridized carbons (Fsp3) is 0.308. The molecule has 3 aliphatic rings. The number of fused-ring (bicyclic) bond motifs is 2. The van der Waals surface area contributed by atoms with Gasteiger partial charge in [0.25, 0.3) is 0 Å². The maximum atomic E-state index is 12.9. The van der Waals surface area contributed by atoms with Gasteiger partial charge in [-0.2, -0.15) is 0 Å². The number of nitrogens with zero attached hydrogens (tertiary/aromatic N) is 2. The highest BCUT2D eigenvalue weighted by molar-refractivity contribution is 6.41. The van der Waals surface area contributed by atoms with Gasteiger partial charge >= 0.3 is 0 Å². The van der Waals surface area contributed by atoms with Crippen LogP contribution in [-0.2, 0) is 20.4 Å². The number of carbonyl (C=O) groups excluding carboxylic acids is 2. The number of aliphatic imine (C=N–C) groups is 2. The molecule has 0 bridgehead atoms. The molecular formula is C26H24N2O2. The summed E-state index contributed by atoms with van der Waals surface area (Å²) in [7, 11) is 0. The molecule has 0 radical (unpaired) electrons. The number of allylic oxidation sites excluding steroid dienone is 2. The molecule has 0 amide bonds. The van der Waals surface area contributed by atoms with E-state index in [9.17, 15) is 9.59 Å². The number of rotatable bonds is 3. The van der Waals surface area contributed by atoms with Gasteiger partial charge in [-0.3, -0.25) is 19.6 Å². The summed E-state index contributed by atoms with van der Waals surface area (Å²) in [5.41, 5.74) is 5.46. The third-order valence-corrected chi connectivity index (χ3v) is 6.86. The maximum Gasteiger partial charge on any atom is 0.177 e. The van der Waals surface area contributed by atoms with E-state index in [1.165, 1.54) is 0 Å². The lowest BCUT2D eigenvalue weighted by molar-refractivity contribution is -0.136. The predicted octanol–water partition coefficient (Wildman–Crippen LogP) is 5.20. The van der Waals surface area contributed by atoms with Crippen LogP contribution in [-0.4, -0.2) is 23.0 Å². The predicted molar refractivity (Wildman–Crippen MR) is 119 cm³/mol. The average molecular weight is 396 g/mol. The van der Waals surface area contributed by atoms with E-state index in [2.05, 4.69) is 44.8 Å². The largest absolute Gasteiger partial charge is 0.293 e. The van der Waals surface area contributed by atoms with E-state index in [4.69, 9.17) is 4.99 Å². The van der Waals surface area contributed by atoms with Crippen molar-refractivity contribution < 1.29 is 9.59 Å². The van der Waals surface area contributed by atoms with Crippen molar-refractivity contribution in [2.45, 2.75) is 44.9 Å². The summed E-state index contributed by atoms with van der Waals surface area (Å²) in [6, 6.07) is 16.0. The van der Waals surface area contributed by atoms with Gasteiger partial charge in [0, 0.05) is 23.0 Å². The molecule has 2 aliphatic heterocycles. The first-order chi connectivity index (χ1) is 14.2. The summed E-state index contributed by atoms with van der Waals surface area (Å²) in [4.78, 5) is 35.3. The molecule has 0 unspecified atom stereocenters. The molecule has 0 atom stereocenters. The van der Waals surface area contributed by atoms with E-state index < -0.39 is 5.92 Å². The van der Waals surface area contributed by atoms with Crippen LogP contribution in [0.4, 0.5) is 11.4 Å². The standard InChI is InChI=1S/C26H24N2O2/c1-25(2)17-9-5-7-11-19(17)27-21(25)13-15-23(29)16(24(15)30)14-22-26(3,4)18-10-6-8-12-20(18)28-22/h5-13,16H,14H2,1-4H3. The Morgan fingerprint density at radius 2 is 1.33 bits per heavy atom. The smallest absolute Gasteiger partial charge is 0.177 e. The zero-order valence-corrected chi connectivity index (χ0v) is 17.7. The van der Waals surface area contributed by atoms with Crippen molar-refractivity contribution in [3.63, 3.8) is 0 Å². The highest BCUT2D eigenvalue weighted by atomic mass is 16.2. The summed E-state index contributed by atoms with van der Waals surface area (Å²) in [5, 5.41) is 0. The van der Waals surface area contributed by atoms with Crippen LogP contribution in [0.1, 0.15) is 45.2 Å². The Morgan fingerprint density at radius 3 is 1.90 bits per heavy atom. The van der Waals surface area contributed by atoms with Crippen molar-refractivity contribution in [3.05, 3.63) is 71.3 Å². The number of hydrogen-bond donors (Lipinski definition) is 0. The van der Waals surface area contributed by atoms with Gasteiger partial charge in [0.15, 0.2) is 11.6 Å². The number of hydrogen-bond acceptors (Lipinski definition) is 4. The summed E-state index contributed by atoms with van der Waals surface area (Å²) in [6.45, 7) is 8.36. The SMILES string of the molecule is CC1(C)C(C=C2C(=O)C(CC3=Nc4ccccc4C3(C)C)C2=O)=Nc2ccccc21. The van der Waals surface area contributed by atoms with Gasteiger partial charge in [0.2, 0.25) is 0 Å². The molecule has 1 aliphatic carbocycles. The molecule has 0 saturated heterocycles. The van der Waals surface area contributed by atoms with Crippen LogP contribution in [0.5, 0.6) is 0 Å². The van der Waals surface area contributed by atoms with Gasteiger partial charge in [0.1, 0.15) is 0 Å². The van der Waals surface area contributed by atoms with Crippen LogP contribution >= 0.6 is 0 Å². The Bertz CT molecular complexity index is 1190. The zero-order chi connectivity index (χ0) is 21.3. The fourth-order valence-corrected chi connectivity index (χ4v) is 4.76. The van der Waals surface area contributed by atoms with Gasteiger partial charge < -0.3 is 0 Å². The summed E-state index contributed by atoms with van der Waals surface area (Å²) in [6.07, 6.45) is 2.09. The molecule has 0 spiro atoms. The molecule has 2 heterocycles. The second-order valence-corrected chi connectivity index (χ2v) is 9.38. The topological polar surface area (TPSA) is 58.9 Å². The van der Waals surface area contributed by atoms with E-state index >= 15 is 0 Å². The number of carbonyl (C=O) groups is 2. The van der Waals surface area contributed by atoms with E-state index in [1.54, 1.807) is 6.08 Å². The van der Waals surface area contributed by atoms with Gasteiger partial charge in [-0.25, -0.2) is 0 Å². The van der Waals surface area contributed by atoms with Crippen molar-refractivity contribution in [2.24, 2.45) is 15.9 Å². The molecule has 5 rings (SSSR count). The number of Topliss-reactive ketones (excluding diaryl/α,β-unsaturated/α-hetero) is 2. The summed E-state index contributed by atoms with van der Waals surface area (Å²) >= 11 is 0. The minimum absolute atomic E-state index is 0.0936. The molecule has 4 nitrogen and oxygen atoms in total. The molecule has 150 valence electrons.